The average Bonchev–Trinajstić information content (AvgIpc) is 3.03. The third-order valence-electron chi connectivity index (χ3n) is 4.36. The Morgan fingerprint density at radius 2 is 1.88 bits per heavy atom. The Labute approximate surface area is 163 Å². The second-order valence-corrected chi connectivity index (χ2v) is 5.91. The summed E-state index contributed by atoms with van der Waals surface area (Å²) in [4.78, 5) is 2.08. The zero-order valence-corrected chi connectivity index (χ0v) is 15.9. The zero-order valence-electron chi connectivity index (χ0n) is 14.3. The third-order valence-corrected chi connectivity index (χ3v) is 4.36. The van der Waals surface area contributed by atoms with E-state index in [9.17, 15) is 13.2 Å². The van der Waals surface area contributed by atoms with Crippen LogP contribution in [0, 0.1) is 0 Å². The molecule has 0 aromatic heterocycles. The maximum atomic E-state index is 12.8. The molecule has 0 saturated carbocycles. The molecule has 0 bridgehead atoms. The van der Waals surface area contributed by atoms with Crippen LogP contribution in [-0.2, 0) is 0 Å². The minimum Gasteiger partial charge on any atom is -0.493 e. The van der Waals surface area contributed by atoms with Crippen molar-refractivity contribution in [2.24, 2.45) is 0 Å². The number of piperazine rings is 1. The highest BCUT2D eigenvalue weighted by atomic mass is 35.5. The first-order chi connectivity index (χ1) is 11.5. The molecule has 1 saturated heterocycles. The van der Waals surface area contributed by atoms with Crippen LogP contribution < -0.4 is 19.5 Å². The summed E-state index contributed by atoms with van der Waals surface area (Å²) in [6.45, 7) is 3.04. The number of ether oxygens (including phenoxy) is 3. The van der Waals surface area contributed by atoms with Gasteiger partial charge in [0.2, 0.25) is 12.5 Å². The van der Waals surface area contributed by atoms with Gasteiger partial charge in [-0.25, -0.2) is 0 Å². The molecule has 26 heavy (non-hydrogen) atoms. The topological polar surface area (TPSA) is 43.0 Å². The van der Waals surface area contributed by atoms with E-state index >= 15 is 0 Å². The van der Waals surface area contributed by atoms with Crippen molar-refractivity contribution in [3.8, 4) is 17.2 Å². The fourth-order valence-electron chi connectivity index (χ4n) is 3.20. The van der Waals surface area contributed by atoms with Crippen LogP contribution in [0.4, 0.5) is 13.2 Å². The van der Waals surface area contributed by atoms with Crippen LogP contribution >= 0.6 is 24.8 Å². The summed E-state index contributed by atoms with van der Waals surface area (Å²) < 4.78 is 54.4. The van der Waals surface area contributed by atoms with Gasteiger partial charge in [-0.3, -0.25) is 4.90 Å². The van der Waals surface area contributed by atoms with E-state index in [1.807, 2.05) is 0 Å². The minimum atomic E-state index is -4.17. The second kappa shape index (κ2) is 9.73. The van der Waals surface area contributed by atoms with Gasteiger partial charge in [-0.15, -0.1) is 24.8 Å². The van der Waals surface area contributed by atoms with Crippen LogP contribution in [0.3, 0.4) is 0 Å². The first-order valence-electron chi connectivity index (χ1n) is 7.97. The maximum absolute atomic E-state index is 12.8. The number of nitrogens with zero attached hydrogens (tertiary/aromatic N) is 1. The SMILES string of the molecule is COc1cc([C@@H](CCC(F)(F)F)N2CCNCC2)cc2c1OCO2.Cl.Cl. The van der Waals surface area contributed by atoms with Crippen molar-refractivity contribution in [1.29, 1.82) is 0 Å². The van der Waals surface area contributed by atoms with Crippen molar-refractivity contribution in [2.45, 2.75) is 25.1 Å². The molecule has 2 heterocycles. The maximum Gasteiger partial charge on any atom is 0.389 e. The van der Waals surface area contributed by atoms with Crippen LogP contribution in [0.25, 0.3) is 0 Å². The molecular formula is C16H23Cl2F3N2O3. The van der Waals surface area contributed by atoms with E-state index in [4.69, 9.17) is 14.2 Å². The van der Waals surface area contributed by atoms with Gasteiger partial charge in [0.15, 0.2) is 11.5 Å². The molecule has 10 heteroatoms. The second-order valence-electron chi connectivity index (χ2n) is 5.91. The predicted octanol–water partition coefficient (Wildman–Crippen LogP) is 3.56. The molecule has 1 atom stereocenters. The first-order valence-corrected chi connectivity index (χ1v) is 7.97. The van der Waals surface area contributed by atoms with E-state index in [1.54, 1.807) is 12.1 Å². The molecule has 1 fully saturated rings. The molecule has 1 aromatic rings. The lowest BCUT2D eigenvalue weighted by atomic mass is 9.98. The third kappa shape index (κ3) is 5.45. The van der Waals surface area contributed by atoms with Gasteiger partial charge in [0.1, 0.15) is 0 Å². The number of halogens is 5. The predicted molar refractivity (Wildman–Crippen MR) is 96.1 cm³/mol. The minimum absolute atomic E-state index is 0. The molecule has 0 unspecified atom stereocenters. The van der Waals surface area contributed by atoms with Crippen LogP contribution in [0.15, 0.2) is 12.1 Å². The first kappa shape index (κ1) is 23.0. The molecule has 2 aliphatic rings. The van der Waals surface area contributed by atoms with E-state index < -0.39 is 12.6 Å². The number of alkyl halides is 3. The summed E-state index contributed by atoms with van der Waals surface area (Å²) >= 11 is 0. The van der Waals surface area contributed by atoms with Crippen molar-refractivity contribution < 1.29 is 27.4 Å². The molecule has 0 aliphatic carbocycles. The Balaban J connectivity index is 0.00000169. The van der Waals surface area contributed by atoms with E-state index in [0.29, 0.717) is 30.3 Å². The normalized spacial score (nSPS) is 17.8. The van der Waals surface area contributed by atoms with Gasteiger partial charge in [-0.05, 0) is 24.1 Å². The smallest absolute Gasteiger partial charge is 0.389 e. The lowest BCUT2D eigenvalue weighted by Gasteiger charge is -2.35. The lowest BCUT2D eigenvalue weighted by molar-refractivity contribution is -0.138. The monoisotopic (exact) mass is 418 g/mol. The molecule has 5 nitrogen and oxygen atoms in total. The quantitative estimate of drug-likeness (QED) is 0.791. The summed E-state index contributed by atoms with van der Waals surface area (Å²) in [5.41, 5.74) is 0.766. The van der Waals surface area contributed by atoms with Crippen molar-refractivity contribution in [1.82, 2.24) is 10.2 Å². The molecular weight excluding hydrogens is 396 g/mol. The van der Waals surface area contributed by atoms with Crippen molar-refractivity contribution in [3.05, 3.63) is 17.7 Å². The van der Waals surface area contributed by atoms with Gasteiger partial charge in [-0.2, -0.15) is 13.2 Å². The van der Waals surface area contributed by atoms with Gasteiger partial charge in [0.25, 0.3) is 0 Å². The Morgan fingerprint density at radius 1 is 1.19 bits per heavy atom. The van der Waals surface area contributed by atoms with E-state index in [2.05, 4.69) is 10.2 Å². The lowest BCUT2D eigenvalue weighted by Crippen LogP contribution is -2.45. The summed E-state index contributed by atoms with van der Waals surface area (Å²) in [7, 11) is 1.51. The fourth-order valence-corrected chi connectivity index (χ4v) is 3.20. The molecule has 0 radical (unpaired) electrons. The van der Waals surface area contributed by atoms with Crippen LogP contribution in [0.5, 0.6) is 17.2 Å². The van der Waals surface area contributed by atoms with Crippen LogP contribution in [0.2, 0.25) is 0 Å². The van der Waals surface area contributed by atoms with Crippen molar-refractivity contribution in [2.75, 3.05) is 40.1 Å². The van der Waals surface area contributed by atoms with Crippen molar-refractivity contribution in [3.63, 3.8) is 0 Å². The number of rotatable bonds is 5. The number of nitrogens with one attached hydrogen (secondary N) is 1. The Kier molecular flexibility index (Phi) is 8.59. The summed E-state index contributed by atoms with van der Waals surface area (Å²) in [6, 6.07) is 3.20. The Hall–Kier alpha value is -1.09. The van der Waals surface area contributed by atoms with Gasteiger partial charge in [0.05, 0.1) is 7.11 Å². The number of methoxy groups -OCH3 is 1. The number of hydrogen-bond donors (Lipinski definition) is 1. The fraction of sp³-hybridized carbons (Fsp3) is 0.625. The van der Waals surface area contributed by atoms with Gasteiger partial charge < -0.3 is 19.5 Å². The van der Waals surface area contributed by atoms with Gasteiger partial charge >= 0.3 is 6.18 Å². The molecule has 3 rings (SSSR count). The Morgan fingerprint density at radius 3 is 2.50 bits per heavy atom. The van der Waals surface area contributed by atoms with Crippen LogP contribution in [-0.4, -0.2) is 51.2 Å². The standard InChI is InChI=1S/C16H21F3N2O3.2ClH/c1-22-13-8-11(9-14-15(13)24-10-23-14)12(2-3-16(17,18)19)21-6-4-20-5-7-21;;/h8-9,12,20H,2-7,10H2,1H3;2*1H/t12-;;/m1../s1. The summed E-state index contributed by atoms with van der Waals surface area (Å²) in [5, 5.41) is 3.22. The highest BCUT2D eigenvalue weighted by Crippen LogP contribution is 2.44. The van der Waals surface area contributed by atoms with E-state index in [-0.39, 0.29) is 44.1 Å². The van der Waals surface area contributed by atoms with Crippen molar-refractivity contribution >= 4 is 24.8 Å². The number of fused-ring (bicyclic) bond motifs is 1. The summed E-state index contributed by atoms with van der Waals surface area (Å²) in [5.74, 6) is 1.53. The molecule has 2 aliphatic heterocycles. The molecule has 150 valence electrons. The summed E-state index contributed by atoms with van der Waals surface area (Å²) in [6.07, 6.45) is -4.99. The average molecular weight is 419 g/mol. The van der Waals surface area contributed by atoms with Crippen LogP contribution in [0.1, 0.15) is 24.4 Å². The Bertz CT molecular complexity index is 585. The molecule has 0 amide bonds. The largest absolute Gasteiger partial charge is 0.493 e. The van der Waals surface area contributed by atoms with Gasteiger partial charge in [0, 0.05) is 38.6 Å². The number of hydrogen-bond acceptors (Lipinski definition) is 5. The van der Waals surface area contributed by atoms with E-state index in [0.717, 1.165) is 18.7 Å². The highest BCUT2D eigenvalue weighted by molar-refractivity contribution is 5.85. The molecule has 1 N–H and O–H groups in total. The van der Waals surface area contributed by atoms with E-state index in [1.165, 1.54) is 7.11 Å². The van der Waals surface area contributed by atoms with Gasteiger partial charge in [-0.1, -0.05) is 0 Å². The zero-order chi connectivity index (χ0) is 17.2. The number of benzene rings is 1. The molecule has 1 aromatic carbocycles. The highest BCUT2D eigenvalue weighted by Gasteiger charge is 2.32. The molecule has 0 spiro atoms.